The van der Waals surface area contributed by atoms with Gasteiger partial charge < -0.3 is 9.72 Å². The second kappa shape index (κ2) is 7.64. The average molecular weight is 390 g/mol. The van der Waals surface area contributed by atoms with E-state index in [9.17, 15) is 4.79 Å². The molecule has 0 atom stereocenters. The fourth-order valence-corrected chi connectivity index (χ4v) is 3.41. The van der Waals surface area contributed by atoms with Crippen molar-refractivity contribution in [2.45, 2.75) is 0 Å². The van der Waals surface area contributed by atoms with Gasteiger partial charge >= 0.3 is 0 Å². The molecule has 2 aromatic carbocycles. The fraction of sp³-hybridized carbons (Fsp3) is 0. The quantitative estimate of drug-likeness (QED) is 0.452. The topological polar surface area (TPSA) is 59.3 Å². The van der Waals surface area contributed by atoms with Crippen molar-refractivity contribution in [1.82, 2.24) is 14.4 Å². The molecule has 144 valence electrons. The second-order valence-electron chi connectivity index (χ2n) is 6.92. The molecule has 0 unspecified atom stereocenters. The summed E-state index contributed by atoms with van der Waals surface area (Å²) in [4.78, 5) is 21.3. The molecular formula is C25H18N4O. The summed E-state index contributed by atoms with van der Waals surface area (Å²) in [5.41, 5.74) is 6.05. The highest BCUT2D eigenvalue weighted by atomic mass is 16.1. The Morgan fingerprint density at radius 2 is 1.57 bits per heavy atom. The third kappa shape index (κ3) is 3.44. The predicted octanol–water partition coefficient (Wildman–Crippen LogP) is 5.32. The molecule has 1 N–H and O–H groups in total. The molecule has 0 fully saturated rings. The molecule has 0 bridgehead atoms. The number of nitrogens with zero attached hydrogens (tertiary/aromatic N) is 3. The lowest BCUT2D eigenvalue weighted by atomic mass is 10.0. The van der Waals surface area contributed by atoms with Gasteiger partial charge in [0.05, 0.1) is 16.9 Å². The Balaban J connectivity index is 1.45. The highest BCUT2D eigenvalue weighted by molar-refractivity contribution is 6.05. The van der Waals surface area contributed by atoms with E-state index in [1.165, 1.54) is 5.56 Å². The van der Waals surface area contributed by atoms with Crippen molar-refractivity contribution in [3.63, 3.8) is 0 Å². The van der Waals surface area contributed by atoms with Crippen LogP contribution in [0.25, 0.3) is 28.0 Å². The largest absolute Gasteiger partial charge is 0.319 e. The first-order valence-corrected chi connectivity index (χ1v) is 9.63. The Hall–Kier alpha value is -4.25. The Bertz CT molecular complexity index is 1310. The van der Waals surface area contributed by atoms with Gasteiger partial charge in [-0.25, -0.2) is 4.98 Å². The molecule has 0 spiro atoms. The highest BCUT2D eigenvalue weighted by Gasteiger charge is 2.12. The first-order valence-electron chi connectivity index (χ1n) is 9.63. The summed E-state index contributed by atoms with van der Waals surface area (Å²) in [5.74, 6) is -0.215. The number of pyridine rings is 2. The molecule has 1 amide bonds. The third-order valence-corrected chi connectivity index (χ3v) is 4.94. The van der Waals surface area contributed by atoms with Crippen molar-refractivity contribution in [3.05, 3.63) is 109 Å². The summed E-state index contributed by atoms with van der Waals surface area (Å²) in [6.07, 6.45) is 7.07. The molecule has 30 heavy (non-hydrogen) atoms. The smallest absolute Gasteiger partial charge is 0.257 e. The van der Waals surface area contributed by atoms with Gasteiger partial charge in [0.2, 0.25) is 0 Å². The van der Waals surface area contributed by atoms with Gasteiger partial charge in [-0.2, -0.15) is 0 Å². The van der Waals surface area contributed by atoms with E-state index >= 15 is 0 Å². The van der Waals surface area contributed by atoms with Crippen LogP contribution in [0, 0.1) is 0 Å². The van der Waals surface area contributed by atoms with Crippen LogP contribution in [0.4, 0.5) is 5.69 Å². The minimum absolute atomic E-state index is 0.215. The number of aromatic nitrogens is 3. The molecular weight excluding hydrogens is 372 g/mol. The summed E-state index contributed by atoms with van der Waals surface area (Å²) in [6.45, 7) is 0. The van der Waals surface area contributed by atoms with E-state index in [4.69, 9.17) is 4.98 Å². The van der Waals surface area contributed by atoms with Crippen LogP contribution in [0.3, 0.4) is 0 Å². The van der Waals surface area contributed by atoms with Crippen LogP contribution < -0.4 is 5.32 Å². The lowest BCUT2D eigenvalue weighted by molar-refractivity contribution is 0.102. The van der Waals surface area contributed by atoms with E-state index < -0.39 is 0 Å². The Labute approximate surface area is 173 Å². The molecule has 0 aliphatic carbocycles. The number of hydrogen-bond acceptors (Lipinski definition) is 3. The lowest BCUT2D eigenvalue weighted by Crippen LogP contribution is -2.12. The van der Waals surface area contributed by atoms with E-state index in [2.05, 4.69) is 46.7 Å². The van der Waals surface area contributed by atoms with E-state index in [0.717, 1.165) is 16.8 Å². The first kappa shape index (κ1) is 17.8. The number of imidazole rings is 1. The number of carbonyl (C=O) groups excluding carboxylic acids is 1. The summed E-state index contributed by atoms with van der Waals surface area (Å²) in [7, 11) is 0. The minimum atomic E-state index is -0.215. The average Bonchev–Trinajstić information content (AvgIpc) is 3.26. The zero-order valence-corrected chi connectivity index (χ0v) is 16.1. The van der Waals surface area contributed by atoms with Crippen LogP contribution in [0.15, 0.2) is 104 Å². The van der Waals surface area contributed by atoms with Crippen molar-refractivity contribution in [2.24, 2.45) is 0 Å². The summed E-state index contributed by atoms with van der Waals surface area (Å²) < 4.78 is 1.92. The van der Waals surface area contributed by atoms with Gasteiger partial charge in [0.1, 0.15) is 0 Å². The molecule has 0 aliphatic heterocycles. The summed E-state index contributed by atoms with van der Waals surface area (Å²) >= 11 is 0. The Kier molecular flexibility index (Phi) is 4.54. The molecule has 0 radical (unpaired) electrons. The lowest BCUT2D eigenvalue weighted by Gasteiger charge is -2.06. The normalized spacial score (nSPS) is 10.8. The minimum Gasteiger partial charge on any atom is -0.319 e. The maximum absolute atomic E-state index is 12.5. The zero-order chi connectivity index (χ0) is 20.3. The van der Waals surface area contributed by atoms with E-state index in [1.807, 2.05) is 47.1 Å². The maximum Gasteiger partial charge on any atom is 0.257 e. The second-order valence-corrected chi connectivity index (χ2v) is 6.92. The maximum atomic E-state index is 12.5. The van der Waals surface area contributed by atoms with Crippen LogP contribution in [0.2, 0.25) is 0 Å². The monoisotopic (exact) mass is 390 g/mol. The molecule has 5 heteroatoms. The van der Waals surface area contributed by atoms with Crippen LogP contribution in [-0.2, 0) is 0 Å². The highest BCUT2D eigenvalue weighted by Crippen LogP contribution is 2.26. The molecule has 0 aliphatic rings. The molecule has 5 rings (SSSR count). The number of nitrogens with one attached hydrogen (secondary N) is 1. The first-order chi connectivity index (χ1) is 14.8. The van der Waals surface area contributed by atoms with Gasteiger partial charge in [0.15, 0.2) is 5.65 Å². The van der Waals surface area contributed by atoms with Gasteiger partial charge in [0.25, 0.3) is 5.91 Å². The Morgan fingerprint density at radius 1 is 0.800 bits per heavy atom. The van der Waals surface area contributed by atoms with Crippen molar-refractivity contribution >= 4 is 17.2 Å². The van der Waals surface area contributed by atoms with E-state index in [-0.39, 0.29) is 5.91 Å². The molecule has 0 saturated carbocycles. The molecule has 0 saturated heterocycles. The summed E-state index contributed by atoms with van der Waals surface area (Å²) in [5, 5.41) is 2.93. The number of amides is 1. The van der Waals surface area contributed by atoms with E-state index in [0.29, 0.717) is 16.9 Å². The van der Waals surface area contributed by atoms with Crippen LogP contribution in [0.1, 0.15) is 10.4 Å². The molecule has 3 aromatic heterocycles. The van der Waals surface area contributed by atoms with Gasteiger partial charge in [-0.3, -0.25) is 9.78 Å². The van der Waals surface area contributed by atoms with Crippen LogP contribution in [0.5, 0.6) is 0 Å². The number of benzene rings is 2. The van der Waals surface area contributed by atoms with Gasteiger partial charge in [-0.05, 0) is 35.4 Å². The SMILES string of the molecule is O=C(Nc1cccn2cc(-c3ccc(-c4ccccc4)cc3)nc12)c1cccnc1. The zero-order valence-electron chi connectivity index (χ0n) is 16.1. The number of rotatable bonds is 4. The van der Waals surface area contributed by atoms with Crippen molar-refractivity contribution in [3.8, 4) is 22.4 Å². The Morgan fingerprint density at radius 3 is 2.33 bits per heavy atom. The standard InChI is InChI=1S/C25H18N4O/c30-25(21-8-4-14-26-16-21)28-22-9-5-15-29-17-23(27-24(22)29)20-12-10-19(11-13-20)18-6-2-1-3-7-18/h1-17H,(H,28,30). The predicted molar refractivity (Wildman–Crippen MR) is 118 cm³/mol. The van der Waals surface area contributed by atoms with Gasteiger partial charge in [0, 0.05) is 30.4 Å². The number of anilines is 1. The number of hydrogen-bond donors (Lipinski definition) is 1. The fourth-order valence-electron chi connectivity index (χ4n) is 3.41. The molecule has 3 heterocycles. The molecule has 5 aromatic rings. The van der Waals surface area contributed by atoms with E-state index in [1.54, 1.807) is 24.5 Å². The number of carbonyl (C=O) groups is 1. The van der Waals surface area contributed by atoms with Crippen LogP contribution in [-0.4, -0.2) is 20.3 Å². The van der Waals surface area contributed by atoms with Crippen molar-refractivity contribution < 1.29 is 4.79 Å². The summed E-state index contributed by atoms with van der Waals surface area (Å²) in [6, 6.07) is 25.8. The van der Waals surface area contributed by atoms with Gasteiger partial charge in [-0.15, -0.1) is 0 Å². The van der Waals surface area contributed by atoms with Gasteiger partial charge in [-0.1, -0.05) is 54.6 Å². The van der Waals surface area contributed by atoms with Crippen molar-refractivity contribution in [2.75, 3.05) is 5.32 Å². The number of fused-ring (bicyclic) bond motifs is 1. The van der Waals surface area contributed by atoms with Crippen LogP contribution >= 0.6 is 0 Å². The third-order valence-electron chi connectivity index (χ3n) is 4.94. The van der Waals surface area contributed by atoms with Crippen molar-refractivity contribution in [1.29, 1.82) is 0 Å². The molecule has 5 nitrogen and oxygen atoms in total.